The largest absolute Gasteiger partial charge is 0.400 e. The van der Waals surface area contributed by atoms with Gasteiger partial charge in [-0.25, -0.2) is 0 Å². The zero-order valence-electron chi connectivity index (χ0n) is 12.5. The molecule has 0 saturated carbocycles. The molecule has 0 unspecified atom stereocenters. The zero-order chi connectivity index (χ0) is 14.0. The van der Waals surface area contributed by atoms with Crippen LogP contribution in [0.4, 0.5) is 0 Å². The molecule has 0 aromatic heterocycles. The van der Waals surface area contributed by atoms with Crippen molar-refractivity contribution in [2.45, 2.75) is 47.5 Å². The lowest BCUT2D eigenvalue weighted by molar-refractivity contribution is 0.399. The lowest BCUT2D eigenvalue weighted by Gasteiger charge is -2.10. The highest BCUT2D eigenvalue weighted by atomic mass is 16.2. The Kier molecular flexibility index (Phi) is 10.9. The first-order valence-corrected chi connectivity index (χ1v) is 6.23. The van der Waals surface area contributed by atoms with Crippen LogP contribution in [0.25, 0.3) is 5.57 Å². The molecule has 1 N–H and O–H groups in total. The van der Waals surface area contributed by atoms with Crippen LogP contribution in [0.15, 0.2) is 24.8 Å². The number of aliphatic hydroxyl groups excluding tert-OH is 1. The highest BCUT2D eigenvalue weighted by molar-refractivity contribution is 5.65. The number of hydrogen-bond acceptors (Lipinski definition) is 1. The van der Waals surface area contributed by atoms with E-state index in [1.807, 2.05) is 13.8 Å². The molecule has 0 atom stereocenters. The molecule has 98 valence electrons. The average molecular weight is 236 g/mol. The minimum atomic E-state index is 0.596. The van der Waals surface area contributed by atoms with E-state index >= 15 is 0 Å². The van der Waals surface area contributed by atoms with E-state index in [4.69, 9.17) is 5.11 Å². The van der Waals surface area contributed by atoms with Gasteiger partial charge >= 0.3 is 0 Å². The Bertz CT molecular complexity index is 324. The standard InChI is InChI=1S/C13H18.C2H6.CH4O/c1-9(2)12-7-6-11(5)13(8-12)10(3)4;2*1-2/h6-9H,3H2,1-2,4-5H3;1-2H3;2H,1H3. The Morgan fingerprint density at radius 1 is 1.18 bits per heavy atom. The Morgan fingerprint density at radius 3 is 2.00 bits per heavy atom. The summed E-state index contributed by atoms with van der Waals surface area (Å²) in [5.74, 6) is 0.596. The highest BCUT2D eigenvalue weighted by Crippen LogP contribution is 2.22. The summed E-state index contributed by atoms with van der Waals surface area (Å²) in [7, 11) is 1.00. The SMILES string of the molecule is C=C(C)c1cc(C(C)C)ccc1C.CC.CO. The maximum atomic E-state index is 7.00. The molecule has 0 saturated heterocycles. The van der Waals surface area contributed by atoms with E-state index in [-0.39, 0.29) is 0 Å². The molecule has 0 amide bonds. The van der Waals surface area contributed by atoms with Crippen molar-refractivity contribution in [2.24, 2.45) is 0 Å². The van der Waals surface area contributed by atoms with Crippen molar-refractivity contribution in [3.05, 3.63) is 41.5 Å². The van der Waals surface area contributed by atoms with Crippen molar-refractivity contribution >= 4 is 5.57 Å². The molecule has 0 fully saturated rings. The summed E-state index contributed by atoms with van der Waals surface area (Å²) in [5.41, 5.74) is 5.16. The normalized spacial score (nSPS) is 8.76. The van der Waals surface area contributed by atoms with Crippen LogP contribution in [0.2, 0.25) is 0 Å². The third-order valence-corrected chi connectivity index (χ3v) is 2.39. The first kappa shape index (κ1) is 18.3. The van der Waals surface area contributed by atoms with Crippen molar-refractivity contribution < 1.29 is 5.11 Å². The van der Waals surface area contributed by atoms with Gasteiger partial charge in [-0.1, -0.05) is 58.0 Å². The van der Waals surface area contributed by atoms with E-state index < -0.39 is 0 Å². The molecule has 0 aliphatic heterocycles. The second-order valence-electron chi connectivity index (χ2n) is 4.01. The highest BCUT2D eigenvalue weighted by Gasteiger charge is 2.03. The minimum absolute atomic E-state index is 0.596. The minimum Gasteiger partial charge on any atom is -0.400 e. The molecule has 1 aromatic carbocycles. The molecule has 0 heterocycles. The summed E-state index contributed by atoms with van der Waals surface area (Å²) in [4.78, 5) is 0. The average Bonchev–Trinajstić information content (AvgIpc) is 2.34. The Hall–Kier alpha value is -1.08. The van der Waals surface area contributed by atoms with Gasteiger partial charge < -0.3 is 5.11 Å². The third-order valence-electron chi connectivity index (χ3n) is 2.39. The molecule has 0 aliphatic carbocycles. The van der Waals surface area contributed by atoms with Crippen LogP contribution in [0, 0.1) is 6.92 Å². The van der Waals surface area contributed by atoms with Crippen LogP contribution in [0.3, 0.4) is 0 Å². The molecule has 1 rings (SSSR count). The van der Waals surface area contributed by atoms with Gasteiger partial charge in [0.15, 0.2) is 0 Å². The van der Waals surface area contributed by atoms with Gasteiger partial charge in [0.05, 0.1) is 0 Å². The second kappa shape index (κ2) is 10.1. The summed E-state index contributed by atoms with van der Waals surface area (Å²) in [6.45, 7) is 16.6. The topological polar surface area (TPSA) is 20.2 Å². The van der Waals surface area contributed by atoms with Gasteiger partial charge in [0.1, 0.15) is 0 Å². The first-order chi connectivity index (χ1) is 8.02. The van der Waals surface area contributed by atoms with Gasteiger partial charge in [-0.2, -0.15) is 0 Å². The van der Waals surface area contributed by atoms with Crippen LogP contribution in [0.1, 0.15) is 57.2 Å². The van der Waals surface area contributed by atoms with E-state index in [9.17, 15) is 0 Å². The monoisotopic (exact) mass is 236 g/mol. The van der Waals surface area contributed by atoms with Gasteiger partial charge in [0.2, 0.25) is 0 Å². The van der Waals surface area contributed by atoms with Gasteiger partial charge in [-0.15, -0.1) is 0 Å². The molecular formula is C16H28O. The van der Waals surface area contributed by atoms with Crippen LogP contribution in [-0.2, 0) is 0 Å². The van der Waals surface area contributed by atoms with E-state index in [0.29, 0.717) is 5.92 Å². The summed E-state index contributed by atoms with van der Waals surface area (Å²) < 4.78 is 0. The summed E-state index contributed by atoms with van der Waals surface area (Å²) >= 11 is 0. The maximum absolute atomic E-state index is 7.00. The summed E-state index contributed by atoms with van der Waals surface area (Å²) in [5, 5.41) is 7.00. The van der Waals surface area contributed by atoms with Crippen LogP contribution in [0.5, 0.6) is 0 Å². The number of aliphatic hydroxyl groups is 1. The van der Waals surface area contributed by atoms with E-state index in [1.165, 1.54) is 16.7 Å². The van der Waals surface area contributed by atoms with E-state index in [1.54, 1.807) is 0 Å². The first-order valence-electron chi connectivity index (χ1n) is 6.23. The van der Waals surface area contributed by atoms with Crippen molar-refractivity contribution in [1.29, 1.82) is 0 Å². The molecule has 0 spiro atoms. The molecule has 0 aliphatic rings. The van der Waals surface area contributed by atoms with Crippen molar-refractivity contribution in [2.75, 3.05) is 7.11 Å². The molecule has 1 nitrogen and oxygen atoms in total. The maximum Gasteiger partial charge on any atom is 0.0319 e. The molecule has 1 heteroatoms. The Morgan fingerprint density at radius 2 is 1.65 bits per heavy atom. The van der Waals surface area contributed by atoms with Crippen LogP contribution in [-0.4, -0.2) is 12.2 Å². The Labute approximate surface area is 107 Å². The van der Waals surface area contributed by atoms with Crippen LogP contribution < -0.4 is 0 Å². The fourth-order valence-corrected chi connectivity index (χ4v) is 1.46. The number of allylic oxidation sites excluding steroid dienone is 1. The van der Waals surface area contributed by atoms with Gasteiger partial charge in [0.25, 0.3) is 0 Å². The Balaban J connectivity index is 0. The second-order valence-corrected chi connectivity index (χ2v) is 4.01. The van der Waals surface area contributed by atoms with Gasteiger partial charge in [-0.05, 0) is 36.5 Å². The van der Waals surface area contributed by atoms with E-state index in [2.05, 4.69) is 52.5 Å². The number of hydrogen-bond donors (Lipinski definition) is 1. The number of rotatable bonds is 2. The number of benzene rings is 1. The molecule has 0 radical (unpaired) electrons. The smallest absolute Gasteiger partial charge is 0.0319 e. The third kappa shape index (κ3) is 6.28. The fourth-order valence-electron chi connectivity index (χ4n) is 1.46. The van der Waals surface area contributed by atoms with E-state index in [0.717, 1.165) is 12.7 Å². The lowest BCUT2D eigenvalue weighted by atomic mass is 9.95. The molecule has 0 bridgehead atoms. The lowest BCUT2D eigenvalue weighted by Crippen LogP contribution is -1.91. The number of aryl methyl sites for hydroxylation is 1. The van der Waals surface area contributed by atoms with Gasteiger partial charge in [0, 0.05) is 7.11 Å². The summed E-state index contributed by atoms with van der Waals surface area (Å²) in [6.07, 6.45) is 0. The molecular weight excluding hydrogens is 208 g/mol. The van der Waals surface area contributed by atoms with Crippen LogP contribution >= 0.6 is 0 Å². The predicted molar refractivity (Wildman–Crippen MR) is 79.5 cm³/mol. The zero-order valence-corrected chi connectivity index (χ0v) is 12.5. The molecule has 17 heavy (non-hydrogen) atoms. The van der Waals surface area contributed by atoms with Crippen molar-refractivity contribution in [1.82, 2.24) is 0 Å². The quantitative estimate of drug-likeness (QED) is 0.783. The van der Waals surface area contributed by atoms with Crippen molar-refractivity contribution in [3.63, 3.8) is 0 Å². The van der Waals surface area contributed by atoms with Crippen molar-refractivity contribution in [3.8, 4) is 0 Å². The fraction of sp³-hybridized carbons (Fsp3) is 0.500. The summed E-state index contributed by atoms with van der Waals surface area (Å²) in [6, 6.07) is 6.63. The van der Waals surface area contributed by atoms with Gasteiger partial charge in [-0.3, -0.25) is 0 Å². The molecule has 1 aromatic rings. The predicted octanol–water partition coefficient (Wildman–Crippen LogP) is 4.79.